The molecule has 2 aliphatic heterocycles. The molecule has 0 spiro atoms. The molecule has 0 aliphatic carbocycles. The summed E-state index contributed by atoms with van der Waals surface area (Å²) < 4.78 is 5.25. The van der Waals surface area contributed by atoms with Crippen molar-refractivity contribution in [2.75, 3.05) is 31.3 Å². The molecule has 2 saturated heterocycles. The fourth-order valence-electron chi connectivity index (χ4n) is 2.33. The number of nitrogens with one attached hydrogen (secondary N) is 1. The number of nitrogens with two attached hydrogens (primary N) is 1. The second kappa shape index (κ2) is 7.58. The third kappa shape index (κ3) is 4.30. The first-order valence-electron chi connectivity index (χ1n) is 6.43. The molecule has 4 nitrogen and oxygen atoms in total. The van der Waals surface area contributed by atoms with E-state index in [1.807, 2.05) is 11.8 Å². The van der Waals surface area contributed by atoms with E-state index < -0.39 is 5.54 Å². The number of amides is 1. The molecule has 18 heavy (non-hydrogen) atoms. The first-order chi connectivity index (χ1) is 8.21. The van der Waals surface area contributed by atoms with Gasteiger partial charge in [0.25, 0.3) is 0 Å². The van der Waals surface area contributed by atoms with Crippen LogP contribution in [0.5, 0.6) is 0 Å². The smallest absolute Gasteiger partial charge is 0.240 e. The molecular weight excluding hydrogens is 272 g/mol. The van der Waals surface area contributed by atoms with E-state index in [1.54, 1.807) is 0 Å². The van der Waals surface area contributed by atoms with Crippen LogP contribution in [0.15, 0.2) is 0 Å². The Hall–Kier alpha value is 0.0300. The van der Waals surface area contributed by atoms with E-state index >= 15 is 0 Å². The Balaban J connectivity index is 0.00000162. The van der Waals surface area contributed by atoms with Crippen molar-refractivity contribution in [1.82, 2.24) is 5.32 Å². The van der Waals surface area contributed by atoms with E-state index in [1.165, 1.54) is 24.3 Å². The molecule has 0 aromatic carbocycles. The van der Waals surface area contributed by atoms with E-state index in [0.29, 0.717) is 32.0 Å². The van der Waals surface area contributed by atoms with Crippen LogP contribution in [0.2, 0.25) is 0 Å². The molecule has 0 atom stereocenters. The predicted octanol–water partition coefficient (Wildman–Crippen LogP) is 1.18. The zero-order valence-corrected chi connectivity index (χ0v) is 12.3. The molecule has 2 rings (SSSR count). The van der Waals surface area contributed by atoms with Crippen molar-refractivity contribution in [3.8, 4) is 0 Å². The lowest BCUT2D eigenvalue weighted by Gasteiger charge is -2.32. The third-order valence-electron chi connectivity index (χ3n) is 3.73. The molecule has 0 aromatic heterocycles. The minimum atomic E-state index is -0.693. The SMILES string of the molecule is Cl.NC1(C(=O)NCC2CCSCC2)CCOCC1. The molecule has 0 aromatic rings. The molecule has 0 radical (unpaired) electrons. The zero-order chi connectivity index (χ0) is 12.1. The summed E-state index contributed by atoms with van der Waals surface area (Å²) in [4.78, 5) is 12.1. The summed E-state index contributed by atoms with van der Waals surface area (Å²) in [5.74, 6) is 3.10. The van der Waals surface area contributed by atoms with E-state index in [2.05, 4.69) is 5.32 Å². The number of hydrogen-bond donors (Lipinski definition) is 2. The van der Waals surface area contributed by atoms with Crippen LogP contribution < -0.4 is 11.1 Å². The van der Waals surface area contributed by atoms with Crippen LogP contribution in [-0.2, 0) is 9.53 Å². The van der Waals surface area contributed by atoms with Gasteiger partial charge in [0, 0.05) is 19.8 Å². The number of carbonyl (C=O) groups is 1. The lowest BCUT2D eigenvalue weighted by atomic mass is 9.90. The van der Waals surface area contributed by atoms with Gasteiger partial charge < -0.3 is 15.8 Å². The lowest BCUT2D eigenvalue weighted by Crippen LogP contribution is -2.57. The normalized spacial score (nSPS) is 24.1. The topological polar surface area (TPSA) is 64.4 Å². The molecular formula is C12H23ClN2O2S. The van der Waals surface area contributed by atoms with Crippen LogP contribution in [0, 0.1) is 5.92 Å². The van der Waals surface area contributed by atoms with Crippen molar-refractivity contribution in [2.45, 2.75) is 31.2 Å². The molecule has 2 fully saturated rings. The highest BCUT2D eigenvalue weighted by atomic mass is 35.5. The van der Waals surface area contributed by atoms with Gasteiger partial charge >= 0.3 is 0 Å². The summed E-state index contributed by atoms with van der Waals surface area (Å²) in [5, 5.41) is 3.03. The third-order valence-corrected chi connectivity index (χ3v) is 4.78. The first-order valence-corrected chi connectivity index (χ1v) is 7.59. The van der Waals surface area contributed by atoms with Crippen molar-refractivity contribution in [2.24, 2.45) is 11.7 Å². The summed E-state index contributed by atoms with van der Waals surface area (Å²) in [5.41, 5.74) is 5.43. The van der Waals surface area contributed by atoms with Crippen molar-refractivity contribution in [3.63, 3.8) is 0 Å². The molecule has 106 valence electrons. The number of halogens is 1. The molecule has 0 saturated carbocycles. The van der Waals surface area contributed by atoms with E-state index in [0.717, 1.165) is 6.54 Å². The summed E-state index contributed by atoms with van der Waals surface area (Å²) in [6, 6.07) is 0. The first kappa shape index (κ1) is 16.1. The minimum Gasteiger partial charge on any atom is -0.381 e. The fraction of sp³-hybridized carbons (Fsp3) is 0.917. The van der Waals surface area contributed by atoms with Crippen molar-refractivity contribution < 1.29 is 9.53 Å². The fourth-order valence-corrected chi connectivity index (χ4v) is 3.53. The Labute approximate surface area is 119 Å². The molecule has 1 amide bonds. The van der Waals surface area contributed by atoms with Crippen molar-refractivity contribution >= 4 is 30.1 Å². The highest BCUT2D eigenvalue weighted by Crippen LogP contribution is 2.22. The lowest BCUT2D eigenvalue weighted by molar-refractivity contribution is -0.129. The maximum Gasteiger partial charge on any atom is 0.240 e. The maximum atomic E-state index is 12.1. The summed E-state index contributed by atoms with van der Waals surface area (Å²) >= 11 is 2.01. The average molecular weight is 295 g/mol. The van der Waals surface area contributed by atoms with Gasteiger partial charge in [0.05, 0.1) is 5.54 Å². The monoisotopic (exact) mass is 294 g/mol. The summed E-state index contributed by atoms with van der Waals surface area (Å²) in [6.07, 6.45) is 3.70. The van der Waals surface area contributed by atoms with Crippen LogP contribution >= 0.6 is 24.2 Å². The predicted molar refractivity (Wildman–Crippen MR) is 77.3 cm³/mol. The number of thioether (sulfide) groups is 1. The summed E-state index contributed by atoms with van der Waals surface area (Å²) in [6.45, 7) is 1.99. The van der Waals surface area contributed by atoms with Crippen LogP contribution in [0.3, 0.4) is 0 Å². The van der Waals surface area contributed by atoms with Gasteiger partial charge in [-0.3, -0.25) is 4.79 Å². The molecule has 0 unspecified atom stereocenters. The highest BCUT2D eigenvalue weighted by molar-refractivity contribution is 7.99. The second-order valence-electron chi connectivity index (χ2n) is 5.03. The Morgan fingerprint density at radius 2 is 1.94 bits per heavy atom. The largest absolute Gasteiger partial charge is 0.381 e. The highest BCUT2D eigenvalue weighted by Gasteiger charge is 2.35. The molecule has 6 heteroatoms. The Morgan fingerprint density at radius 3 is 2.56 bits per heavy atom. The molecule has 3 N–H and O–H groups in total. The second-order valence-corrected chi connectivity index (χ2v) is 6.26. The Morgan fingerprint density at radius 1 is 1.33 bits per heavy atom. The number of ether oxygens (including phenoxy) is 1. The zero-order valence-electron chi connectivity index (χ0n) is 10.7. The van der Waals surface area contributed by atoms with Crippen molar-refractivity contribution in [3.05, 3.63) is 0 Å². The van der Waals surface area contributed by atoms with Gasteiger partial charge in [-0.05, 0) is 43.1 Å². The van der Waals surface area contributed by atoms with Gasteiger partial charge in [0.15, 0.2) is 0 Å². The standard InChI is InChI=1S/C12H22N2O2S.ClH/c13-12(3-5-16-6-4-12)11(15)14-9-10-1-7-17-8-2-10;/h10H,1-9,13H2,(H,14,15);1H. The maximum absolute atomic E-state index is 12.1. The van der Waals surface area contributed by atoms with Crippen LogP contribution in [0.25, 0.3) is 0 Å². The van der Waals surface area contributed by atoms with Crippen LogP contribution in [-0.4, -0.2) is 42.7 Å². The number of rotatable bonds is 3. The van der Waals surface area contributed by atoms with Gasteiger partial charge in [0.2, 0.25) is 5.91 Å². The molecule has 2 aliphatic rings. The van der Waals surface area contributed by atoms with Crippen molar-refractivity contribution in [1.29, 1.82) is 0 Å². The van der Waals surface area contributed by atoms with Gasteiger partial charge in [-0.1, -0.05) is 0 Å². The minimum absolute atomic E-state index is 0. The Bertz CT molecular complexity index is 267. The number of hydrogen-bond acceptors (Lipinski definition) is 4. The van der Waals surface area contributed by atoms with Gasteiger partial charge in [0.1, 0.15) is 0 Å². The van der Waals surface area contributed by atoms with E-state index in [-0.39, 0.29) is 18.3 Å². The number of carbonyl (C=O) groups excluding carboxylic acids is 1. The van der Waals surface area contributed by atoms with Gasteiger partial charge in [-0.25, -0.2) is 0 Å². The Kier molecular flexibility index (Phi) is 6.77. The van der Waals surface area contributed by atoms with E-state index in [4.69, 9.17) is 10.5 Å². The average Bonchev–Trinajstić information content (AvgIpc) is 2.38. The van der Waals surface area contributed by atoms with Crippen LogP contribution in [0.4, 0.5) is 0 Å². The van der Waals surface area contributed by atoms with Gasteiger partial charge in [-0.2, -0.15) is 11.8 Å². The summed E-state index contributed by atoms with van der Waals surface area (Å²) in [7, 11) is 0. The molecule has 2 heterocycles. The quantitative estimate of drug-likeness (QED) is 0.820. The van der Waals surface area contributed by atoms with E-state index in [9.17, 15) is 4.79 Å². The molecule has 0 bridgehead atoms. The van der Waals surface area contributed by atoms with Crippen LogP contribution in [0.1, 0.15) is 25.7 Å². The van der Waals surface area contributed by atoms with Gasteiger partial charge in [-0.15, -0.1) is 12.4 Å².